The summed E-state index contributed by atoms with van der Waals surface area (Å²) in [6.07, 6.45) is -2.36. The first-order valence-corrected chi connectivity index (χ1v) is 8.36. The summed E-state index contributed by atoms with van der Waals surface area (Å²) >= 11 is 0. The normalized spacial score (nSPS) is 11.5. The molecule has 0 bridgehead atoms. The van der Waals surface area contributed by atoms with E-state index in [2.05, 4.69) is 15.0 Å². The van der Waals surface area contributed by atoms with Crippen molar-refractivity contribution in [2.24, 2.45) is 0 Å². The Hall–Kier alpha value is -3.03. The number of alkyl halides is 3. The van der Waals surface area contributed by atoms with Crippen LogP contribution in [0.4, 0.5) is 13.2 Å². The van der Waals surface area contributed by atoms with Gasteiger partial charge in [0, 0.05) is 19.5 Å². The van der Waals surface area contributed by atoms with Crippen LogP contribution in [-0.4, -0.2) is 28.2 Å². The molecule has 5 nitrogen and oxygen atoms in total. The molecule has 0 aliphatic heterocycles. The lowest BCUT2D eigenvalue weighted by Crippen LogP contribution is -2.23. The Morgan fingerprint density at radius 3 is 2.59 bits per heavy atom. The number of imidazole rings is 1. The zero-order valence-electron chi connectivity index (χ0n) is 14.4. The summed E-state index contributed by atoms with van der Waals surface area (Å²) in [5.74, 6) is 0.0135. The Labute approximate surface area is 153 Å². The van der Waals surface area contributed by atoms with E-state index >= 15 is 0 Å². The van der Waals surface area contributed by atoms with E-state index in [-0.39, 0.29) is 11.7 Å². The van der Waals surface area contributed by atoms with Gasteiger partial charge in [-0.05, 0) is 29.8 Å². The van der Waals surface area contributed by atoms with Gasteiger partial charge in [0.05, 0.1) is 17.4 Å². The first-order chi connectivity index (χ1) is 12.9. The second-order valence-electron chi connectivity index (χ2n) is 6.00. The molecule has 0 aliphatic rings. The van der Waals surface area contributed by atoms with Crippen LogP contribution in [-0.2, 0) is 17.9 Å². The molecule has 1 N–H and O–H groups in total. The number of nitrogens with zero attached hydrogens (tertiary/aromatic N) is 2. The van der Waals surface area contributed by atoms with Crippen molar-refractivity contribution in [1.29, 1.82) is 0 Å². The Morgan fingerprint density at radius 2 is 1.85 bits per heavy atom. The quantitative estimate of drug-likeness (QED) is 0.683. The van der Waals surface area contributed by atoms with E-state index in [0.29, 0.717) is 19.5 Å². The van der Waals surface area contributed by atoms with Crippen molar-refractivity contribution in [3.8, 4) is 5.75 Å². The molecule has 0 aliphatic carbocycles. The summed E-state index contributed by atoms with van der Waals surface area (Å²) in [6.45, 7) is -0.522. The molecular weight excluding hydrogens is 359 g/mol. The molecule has 8 heteroatoms. The third-order valence-electron chi connectivity index (χ3n) is 3.92. The smallest absolute Gasteiger partial charge is 0.422 e. The number of carbonyl (C=O) groups is 1. The molecule has 0 saturated carbocycles. The molecule has 0 spiro atoms. The van der Waals surface area contributed by atoms with Crippen molar-refractivity contribution >= 4 is 16.9 Å². The summed E-state index contributed by atoms with van der Waals surface area (Å²) in [5.41, 5.74) is 2.63. The van der Waals surface area contributed by atoms with Gasteiger partial charge in [-0.3, -0.25) is 4.79 Å². The van der Waals surface area contributed by atoms with Gasteiger partial charge < -0.3 is 14.6 Å². The van der Waals surface area contributed by atoms with Gasteiger partial charge in [-0.25, -0.2) is 4.98 Å². The molecule has 1 amide bonds. The van der Waals surface area contributed by atoms with Crippen LogP contribution in [0.25, 0.3) is 11.0 Å². The van der Waals surface area contributed by atoms with Gasteiger partial charge in [0.15, 0.2) is 6.61 Å². The number of ether oxygens (including phenoxy) is 1. The third-order valence-corrected chi connectivity index (χ3v) is 3.92. The fourth-order valence-electron chi connectivity index (χ4n) is 2.57. The Balaban J connectivity index is 1.45. The number of para-hydroxylation sites is 2. The van der Waals surface area contributed by atoms with E-state index in [1.165, 1.54) is 12.1 Å². The highest BCUT2D eigenvalue weighted by atomic mass is 19.4. The average Bonchev–Trinajstić information content (AvgIpc) is 3.06. The topological polar surface area (TPSA) is 56.2 Å². The highest BCUT2D eigenvalue weighted by Crippen LogP contribution is 2.19. The van der Waals surface area contributed by atoms with Crippen molar-refractivity contribution in [2.75, 3.05) is 6.61 Å². The Morgan fingerprint density at radius 1 is 1.11 bits per heavy atom. The van der Waals surface area contributed by atoms with Crippen LogP contribution >= 0.6 is 0 Å². The summed E-state index contributed by atoms with van der Waals surface area (Å²) in [7, 11) is 0. The minimum atomic E-state index is -4.37. The second kappa shape index (κ2) is 8.11. The van der Waals surface area contributed by atoms with Crippen LogP contribution < -0.4 is 10.1 Å². The lowest BCUT2D eigenvalue weighted by molar-refractivity contribution is -0.153. The van der Waals surface area contributed by atoms with Gasteiger partial charge in [-0.2, -0.15) is 13.2 Å². The molecule has 1 heterocycles. The molecule has 0 fully saturated rings. The van der Waals surface area contributed by atoms with Crippen molar-refractivity contribution < 1.29 is 22.7 Å². The number of amides is 1. The SMILES string of the molecule is O=C(CCn1cnc2ccccc21)NCc1ccc(OCC(F)(F)F)cc1. The number of benzene rings is 2. The largest absolute Gasteiger partial charge is 0.484 e. The van der Waals surface area contributed by atoms with Crippen molar-refractivity contribution in [3.63, 3.8) is 0 Å². The summed E-state index contributed by atoms with van der Waals surface area (Å²) in [6, 6.07) is 13.8. The van der Waals surface area contributed by atoms with E-state index in [9.17, 15) is 18.0 Å². The lowest BCUT2D eigenvalue weighted by atomic mass is 10.2. The van der Waals surface area contributed by atoms with Crippen LogP contribution in [0, 0.1) is 0 Å². The van der Waals surface area contributed by atoms with Gasteiger partial charge in [0.2, 0.25) is 5.91 Å². The molecule has 0 atom stereocenters. The number of carbonyl (C=O) groups excluding carboxylic acids is 1. The molecule has 1 aromatic heterocycles. The number of nitrogens with one attached hydrogen (secondary N) is 1. The standard InChI is InChI=1S/C19H18F3N3O2/c20-19(21,22)12-27-15-7-5-14(6-8-15)11-23-18(26)9-10-25-13-24-16-3-1-2-4-17(16)25/h1-8,13H,9-12H2,(H,23,26). The molecule has 3 rings (SSSR count). The number of rotatable bonds is 7. The number of hydrogen-bond acceptors (Lipinski definition) is 3. The second-order valence-corrected chi connectivity index (χ2v) is 6.00. The van der Waals surface area contributed by atoms with E-state index in [1.54, 1.807) is 18.5 Å². The fourth-order valence-corrected chi connectivity index (χ4v) is 2.57. The maximum Gasteiger partial charge on any atom is 0.422 e. The minimum Gasteiger partial charge on any atom is -0.484 e. The first kappa shape index (κ1) is 18.8. The molecule has 3 aromatic rings. The van der Waals surface area contributed by atoms with Gasteiger partial charge in [-0.15, -0.1) is 0 Å². The molecule has 142 valence electrons. The number of fused-ring (bicyclic) bond motifs is 1. The molecule has 27 heavy (non-hydrogen) atoms. The number of halogens is 3. The highest BCUT2D eigenvalue weighted by molar-refractivity contribution is 5.77. The van der Waals surface area contributed by atoms with Crippen LogP contribution in [0.5, 0.6) is 5.75 Å². The van der Waals surface area contributed by atoms with Crippen LogP contribution in [0.3, 0.4) is 0 Å². The predicted octanol–water partition coefficient (Wildman–Crippen LogP) is 3.68. The zero-order chi connectivity index (χ0) is 19.3. The first-order valence-electron chi connectivity index (χ1n) is 8.36. The summed E-state index contributed by atoms with van der Waals surface area (Å²) in [4.78, 5) is 16.3. The number of aryl methyl sites for hydroxylation is 1. The molecule has 0 unspecified atom stereocenters. The van der Waals surface area contributed by atoms with E-state index < -0.39 is 12.8 Å². The molecule has 0 radical (unpaired) electrons. The van der Waals surface area contributed by atoms with Crippen molar-refractivity contribution in [1.82, 2.24) is 14.9 Å². The maximum absolute atomic E-state index is 12.1. The summed E-state index contributed by atoms with van der Waals surface area (Å²) < 4.78 is 42.9. The fraction of sp³-hybridized carbons (Fsp3) is 0.263. The Bertz CT molecular complexity index is 904. The van der Waals surface area contributed by atoms with Crippen molar-refractivity contribution in [3.05, 3.63) is 60.4 Å². The Kier molecular flexibility index (Phi) is 5.63. The highest BCUT2D eigenvalue weighted by Gasteiger charge is 2.28. The van der Waals surface area contributed by atoms with Gasteiger partial charge >= 0.3 is 6.18 Å². The number of aromatic nitrogens is 2. The average molecular weight is 377 g/mol. The van der Waals surface area contributed by atoms with E-state index in [4.69, 9.17) is 0 Å². The van der Waals surface area contributed by atoms with Crippen LogP contribution in [0.1, 0.15) is 12.0 Å². The van der Waals surface area contributed by atoms with Gasteiger partial charge in [0.25, 0.3) is 0 Å². The number of hydrogen-bond donors (Lipinski definition) is 1. The predicted molar refractivity (Wildman–Crippen MR) is 94.2 cm³/mol. The zero-order valence-corrected chi connectivity index (χ0v) is 14.4. The molecule has 2 aromatic carbocycles. The minimum absolute atomic E-state index is 0.120. The molecular formula is C19H18F3N3O2. The third kappa shape index (κ3) is 5.47. The van der Waals surface area contributed by atoms with Crippen LogP contribution in [0.2, 0.25) is 0 Å². The van der Waals surface area contributed by atoms with Gasteiger partial charge in [-0.1, -0.05) is 24.3 Å². The van der Waals surface area contributed by atoms with E-state index in [0.717, 1.165) is 16.6 Å². The lowest BCUT2D eigenvalue weighted by Gasteiger charge is -2.10. The van der Waals surface area contributed by atoms with Crippen LogP contribution in [0.15, 0.2) is 54.9 Å². The van der Waals surface area contributed by atoms with Gasteiger partial charge in [0.1, 0.15) is 5.75 Å². The monoisotopic (exact) mass is 377 g/mol. The van der Waals surface area contributed by atoms with E-state index in [1.807, 2.05) is 28.8 Å². The maximum atomic E-state index is 12.1. The van der Waals surface area contributed by atoms with Crippen molar-refractivity contribution in [2.45, 2.75) is 25.7 Å². The molecule has 0 saturated heterocycles. The summed E-state index contributed by atoms with van der Waals surface area (Å²) in [5, 5.41) is 2.79.